The SMILES string of the molecule is CCCC.COc1cc(SC(C)C)ccc1C. The Morgan fingerprint density at radius 2 is 1.76 bits per heavy atom. The summed E-state index contributed by atoms with van der Waals surface area (Å²) in [5.41, 5.74) is 1.19. The third kappa shape index (κ3) is 7.32. The van der Waals surface area contributed by atoms with Crippen LogP contribution in [-0.4, -0.2) is 12.4 Å². The van der Waals surface area contributed by atoms with Crippen molar-refractivity contribution in [2.45, 2.75) is 57.6 Å². The fourth-order valence-corrected chi connectivity index (χ4v) is 2.01. The van der Waals surface area contributed by atoms with Gasteiger partial charge in [-0.3, -0.25) is 0 Å². The van der Waals surface area contributed by atoms with Crippen molar-refractivity contribution in [3.63, 3.8) is 0 Å². The van der Waals surface area contributed by atoms with Gasteiger partial charge in [-0.1, -0.05) is 46.6 Å². The highest BCUT2D eigenvalue weighted by Gasteiger charge is 2.02. The third-order valence-corrected chi connectivity index (χ3v) is 3.25. The standard InChI is InChI=1S/C11H16OS.C4H10/c1-8(2)13-10-6-5-9(3)11(7-10)12-4;1-3-4-2/h5-8H,1-4H3;3-4H2,1-2H3. The Bertz CT molecular complexity index is 306. The van der Waals surface area contributed by atoms with Gasteiger partial charge in [0.1, 0.15) is 5.75 Å². The summed E-state index contributed by atoms with van der Waals surface area (Å²) in [6.07, 6.45) is 2.64. The molecule has 0 atom stereocenters. The van der Waals surface area contributed by atoms with E-state index in [1.54, 1.807) is 7.11 Å². The first-order valence-electron chi connectivity index (χ1n) is 6.36. The first-order chi connectivity index (χ1) is 8.04. The Labute approximate surface area is 111 Å². The van der Waals surface area contributed by atoms with E-state index in [0.717, 1.165) is 5.75 Å². The molecule has 0 radical (unpaired) electrons. The molecular weight excluding hydrogens is 228 g/mol. The van der Waals surface area contributed by atoms with Crippen molar-refractivity contribution < 1.29 is 4.74 Å². The molecule has 0 saturated heterocycles. The number of aryl methyl sites for hydroxylation is 1. The van der Waals surface area contributed by atoms with E-state index in [-0.39, 0.29) is 0 Å². The molecule has 0 aliphatic heterocycles. The zero-order chi connectivity index (χ0) is 13.3. The van der Waals surface area contributed by atoms with Gasteiger partial charge in [-0.25, -0.2) is 0 Å². The predicted octanol–water partition coefficient (Wildman–Crippen LogP) is 5.31. The van der Waals surface area contributed by atoms with Gasteiger partial charge >= 0.3 is 0 Å². The predicted molar refractivity (Wildman–Crippen MR) is 79.3 cm³/mol. The van der Waals surface area contributed by atoms with E-state index in [1.807, 2.05) is 11.8 Å². The fraction of sp³-hybridized carbons (Fsp3) is 0.600. The number of methoxy groups -OCH3 is 1. The summed E-state index contributed by atoms with van der Waals surface area (Å²) < 4.78 is 5.25. The van der Waals surface area contributed by atoms with E-state index >= 15 is 0 Å². The van der Waals surface area contributed by atoms with E-state index in [2.05, 4.69) is 52.8 Å². The van der Waals surface area contributed by atoms with Crippen LogP contribution in [0, 0.1) is 6.92 Å². The van der Waals surface area contributed by atoms with Gasteiger partial charge < -0.3 is 4.74 Å². The highest BCUT2D eigenvalue weighted by atomic mass is 32.2. The molecule has 0 spiro atoms. The molecular formula is C15H26OS. The van der Waals surface area contributed by atoms with Crippen molar-refractivity contribution in [1.82, 2.24) is 0 Å². The zero-order valence-corrected chi connectivity index (χ0v) is 12.9. The number of thioether (sulfide) groups is 1. The average molecular weight is 254 g/mol. The maximum absolute atomic E-state index is 5.25. The smallest absolute Gasteiger partial charge is 0.122 e. The van der Waals surface area contributed by atoms with Crippen LogP contribution < -0.4 is 4.74 Å². The van der Waals surface area contributed by atoms with Crippen molar-refractivity contribution in [3.8, 4) is 5.75 Å². The highest BCUT2D eigenvalue weighted by Crippen LogP contribution is 2.28. The topological polar surface area (TPSA) is 9.23 Å². The lowest BCUT2D eigenvalue weighted by Crippen LogP contribution is -1.89. The molecule has 1 nitrogen and oxygen atoms in total. The molecule has 0 aliphatic carbocycles. The van der Waals surface area contributed by atoms with Crippen LogP contribution in [0.5, 0.6) is 5.75 Å². The van der Waals surface area contributed by atoms with Crippen LogP contribution >= 0.6 is 11.8 Å². The van der Waals surface area contributed by atoms with Gasteiger partial charge in [0.25, 0.3) is 0 Å². The van der Waals surface area contributed by atoms with E-state index in [9.17, 15) is 0 Å². The molecule has 0 aliphatic rings. The van der Waals surface area contributed by atoms with Crippen LogP contribution in [0.2, 0.25) is 0 Å². The van der Waals surface area contributed by atoms with E-state index in [4.69, 9.17) is 4.74 Å². The largest absolute Gasteiger partial charge is 0.496 e. The van der Waals surface area contributed by atoms with Crippen molar-refractivity contribution in [2.24, 2.45) is 0 Å². The zero-order valence-electron chi connectivity index (χ0n) is 12.0. The minimum atomic E-state index is 0.618. The fourth-order valence-electron chi connectivity index (χ4n) is 1.15. The molecule has 0 saturated carbocycles. The average Bonchev–Trinajstić information content (AvgIpc) is 2.31. The molecule has 1 aromatic rings. The number of hydrogen-bond acceptors (Lipinski definition) is 2. The van der Waals surface area contributed by atoms with E-state index in [0.29, 0.717) is 5.25 Å². The molecule has 0 N–H and O–H groups in total. The molecule has 17 heavy (non-hydrogen) atoms. The summed E-state index contributed by atoms with van der Waals surface area (Å²) in [5.74, 6) is 0.977. The van der Waals surface area contributed by atoms with Gasteiger partial charge in [0.05, 0.1) is 7.11 Å². The summed E-state index contributed by atoms with van der Waals surface area (Å²) in [6, 6.07) is 6.34. The normalized spacial score (nSPS) is 9.82. The lowest BCUT2D eigenvalue weighted by molar-refractivity contribution is 0.410. The van der Waals surface area contributed by atoms with Crippen LogP contribution in [0.3, 0.4) is 0 Å². The second-order valence-electron chi connectivity index (χ2n) is 4.30. The minimum Gasteiger partial charge on any atom is -0.496 e. The van der Waals surface area contributed by atoms with E-state index < -0.39 is 0 Å². The molecule has 0 bridgehead atoms. The Morgan fingerprint density at radius 1 is 1.18 bits per heavy atom. The van der Waals surface area contributed by atoms with Gasteiger partial charge in [-0.2, -0.15) is 0 Å². The number of rotatable bonds is 4. The molecule has 98 valence electrons. The summed E-state index contributed by atoms with van der Waals surface area (Å²) in [4.78, 5) is 1.28. The number of unbranched alkanes of at least 4 members (excludes halogenated alkanes) is 1. The molecule has 0 aromatic heterocycles. The van der Waals surface area contributed by atoms with Gasteiger partial charge in [0.2, 0.25) is 0 Å². The van der Waals surface area contributed by atoms with Crippen LogP contribution in [0.4, 0.5) is 0 Å². The molecule has 1 rings (SSSR count). The first kappa shape index (κ1) is 16.4. The van der Waals surface area contributed by atoms with Gasteiger partial charge in [-0.05, 0) is 24.6 Å². The molecule has 0 heterocycles. The summed E-state index contributed by atoms with van der Waals surface area (Å²) in [5, 5.41) is 0.618. The third-order valence-electron chi connectivity index (χ3n) is 2.25. The van der Waals surface area contributed by atoms with Gasteiger partial charge in [-0.15, -0.1) is 11.8 Å². The maximum Gasteiger partial charge on any atom is 0.122 e. The summed E-state index contributed by atoms with van der Waals surface area (Å²) >= 11 is 1.86. The maximum atomic E-state index is 5.25. The Hall–Kier alpha value is -0.630. The molecule has 0 fully saturated rings. The van der Waals surface area contributed by atoms with Crippen LogP contribution in [0.25, 0.3) is 0 Å². The van der Waals surface area contributed by atoms with Crippen LogP contribution in [0.1, 0.15) is 46.1 Å². The Balaban J connectivity index is 0.000000557. The Kier molecular flexibility index (Phi) is 9.06. The minimum absolute atomic E-state index is 0.618. The van der Waals surface area contributed by atoms with Crippen molar-refractivity contribution in [2.75, 3.05) is 7.11 Å². The van der Waals surface area contributed by atoms with Crippen molar-refractivity contribution in [3.05, 3.63) is 23.8 Å². The second kappa shape index (κ2) is 9.41. The van der Waals surface area contributed by atoms with Crippen molar-refractivity contribution in [1.29, 1.82) is 0 Å². The Morgan fingerprint density at radius 3 is 2.18 bits per heavy atom. The number of benzene rings is 1. The first-order valence-corrected chi connectivity index (χ1v) is 7.24. The number of ether oxygens (including phenoxy) is 1. The lowest BCUT2D eigenvalue weighted by atomic mass is 10.2. The summed E-state index contributed by atoms with van der Waals surface area (Å²) in [6.45, 7) is 10.8. The van der Waals surface area contributed by atoms with Gasteiger partial charge in [0.15, 0.2) is 0 Å². The quantitative estimate of drug-likeness (QED) is 0.673. The highest BCUT2D eigenvalue weighted by molar-refractivity contribution is 7.99. The monoisotopic (exact) mass is 254 g/mol. The van der Waals surface area contributed by atoms with Crippen LogP contribution in [-0.2, 0) is 0 Å². The second-order valence-corrected chi connectivity index (χ2v) is 5.95. The van der Waals surface area contributed by atoms with Gasteiger partial charge in [0, 0.05) is 10.1 Å². The molecule has 1 aromatic carbocycles. The molecule has 2 heteroatoms. The summed E-state index contributed by atoms with van der Waals surface area (Å²) in [7, 11) is 1.71. The van der Waals surface area contributed by atoms with Crippen molar-refractivity contribution >= 4 is 11.8 Å². The number of hydrogen-bond donors (Lipinski definition) is 0. The lowest BCUT2D eigenvalue weighted by Gasteiger charge is -2.08. The molecule has 0 amide bonds. The van der Waals surface area contributed by atoms with E-state index in [1.165, 1.54) is 23.3 Å². The van der Waals surface area contributed by atoms with Crippen LogP contribution in [0.15, 0.2) is 23.1 Å². The molecule has 0 unspecified atom stereocenters.